The highest BCUT2D eigenvalue weighted by molar-refractivity contribution is 5.19. The molecule has 0 aromatic rings. The van der Waals surface area contributed by atoms with Crippen LogP contribution < -0.4 is 0 Å². The molecule has 2 atom stereocenters. The van der Waals surface area contributed by atoms with Gasteiger partial charge in [-0.1, -0.05) is 119 Å². The van der Waals surface area contributed by atoms with E-state index in [4.69, 9.17) is 9.47 Å². The number of rotatable bonds is 18. The Morgan fingerprint density at radius 2 is 1.28 bits per heavy atom. The molecule has 1 heterocycles. The summed E-state index contributed by atoms with van der Waals surface area (Å²) in [5, 5.41) is 0. The van der Waals surface area contributed by atoms with E-state index in [1.165, 1.54) is 57.8 Å². The summed E-state index contributed by atoms with van der Waals surface area (Å²) in [5.41, 5.74) is 0. The molecule has 1 aliphatic rings. The number of hydrogen-bond acceptors (Lipinski definition) is 3. The molecule has 2 unspecified atom stereocenters. The van der Waals surface area contributed by atoms with Gasteiger partial charge in [0.25, 0.3) is 0 Å². The second-order valence-corrected chi connectivity index (χ2v) is 8.67. The molecule has 1 saturated heterocycles. The molecule has 0 spiro atoms. The van der Waals surface area contributed by atoms with E-state index in [2.05, 4.69) is 56.3 Å². The summed E-state index contributed by atoms with van der Waals surface area (Å²) in [5.74, 6) is 0. The highest BCUT2D eigenvalue weighted by atomic mass is 16.7. The average Bonchev–Trinajstić information content (AvgIpc) is 3.24. The summed E-state index contributed by atoms with van der Waals surface area (Å²) < 4.78 is 11.5. The highest BCUT2D eigenvalue weighted by Crippen LogP contribution is 2.15. The van der Waals surface area contributed by atoms with Crippen molar-refractivity contribution in [1.29, 1.82) is 0 Å². The van der Waals surface area contributed by atoms with Crippen molar-refractivity contribution in [3.05, 3.63) is 72.9 Å². The molecule has 0 radical (unpaired) electrons. The molecule has 0 saturated carbocycles. The number of ether oxygens (including phenoxy) is 2. The van der Waals surface area contributed by atoms with Crippen LogP contribution in [-0.4, -0.2) is 44.5 Å². The van der Waals surface area contributed by atoms with Crippen LogP contribution in [0.1, 0.15) is 71.1 Å². The van der Waals surface area contributed by atoms with Gasteiger partial charge in [0, 0.05) is 6.54 Å². The molecule has 1 aliphatic heterocycles. The predicted octanol–water partition coefficient (Wildman–Crippen LogP) is 7.55. The molecule has 0 aromatic carbocycles. The Morgan fingerprint density at radius 3 is 1.91 bits per heavy atom. The lowest BCUT2D eigenvalue weighted by Gasteiger charge is -2.12. The zero-order valence-electron chi connectivity index (χ0n) is 20.8. The normalized spacial score (nSPS) is 20.2. The minimum atomic E-state index is -0.218. The molecule has 0 N–H and O–H groups in total. The number of nitrogens with zero attached hydrogens (tertiary/aromatic N) is 1. The first kappa shape index (κ1) is 28.4. The Morgan fingerprint density at radius 1 is 0.719 bits per heavy atom. The van der Waals surface area contributed by atoms with Gasteiger partial charge >= 0.3 is 0 Å². The largest absolute Gasteiger partial charge is 0.346 e. The zero-order valence-corrected chi connectivity index (χ0v) is 20.8. The SMILES string of the molecule is CCCCCCCCCCC=CC=CC=CC=CC=CC=CC1OCC(CCN(C)C)O1. The Balaban J connectivity index is 2.01. The van der Waals surface area contributed by atoms with E-state index in [1.54, 1.807) is 0 Å². The molecule has 0 bridgehead atoms. The summed E-state index contributed by atoms with van der Waals surface area (Å²) in [4.78, 5) is 2.17. The van der Waals surface area contributed by atoms with E-state index in [-0.39, 0.29) is 12.4 Å². The van der Waals surface area contributed by atoms with Gasteiger partial charge in [-0.15, -0.1) is 0 Å². The van der Waals surface area contributed by atoms with Gasteiger partial charge in [0.2, 0.25) is 0 Å². The van der Waals surface area contributed by atoms with E-state index >= 15 is 0 Å². The highest BCUT2D eigenvalue weighted by Gasteiger charge is 2.23. The number of allylic oxidation sites excluding steroid dienone is 11. The molecule has 3 nitrogen and oxygen atoms in total. The molecule has 1 fully saturated rings. The first-order chi connectivity index (χ1) is 15.7. The fourth-order valence-electron chi connectivity index (χ4n) is 3.36. The zero-order chi connectivity index (χ0) is 23.1. The lowest BCUT2D eigenvalue weighted by Crippen LogP contribution is -2.21. The van der Waals surface area contributed by atoms with Crippen LogP contribution in [-0.2, 0) is 9.47 Å². The van der Waals surface area contributed by atoms with Crippen molar-refractivity contribution in [2.45, 2.75) is 83.5 Å². The summed E-state index contributed by atoms with van der Waals surface area (Å²) >= 11 is 0. The maximum Gasteiger partial charge on any atom is 0.177 e. The van der Waals surface area contributed by atoms with Gasteiger partial charge in [-0.05, 0) is 39.4 Å². The first-order valence-electron chi connectivity index (χ1n) is 12.6. The minimum Gasteiger partial charge on any atom is -0.346 e. The molecule has 0 amide bonds. The van der Waals surface area contributed by atoms with Crippen LogP contribution in [0.4, 0.5) is 0 Å². The number of unbranched alkanes of at least 4 members (excludes halogenated alkanes) is 8. The topological polar surface area (TPSA) is 21.7 Å². The number of hydrogen-bond donors (Lipinski definition) is 0. The van der Waals surface area contributed by atoms with Gasteiger partial charge in [0.1, 0.15) is 0 Å². The van der Waals surface area contributed by atoms with E-state index in [0.29, 0.717) is 6.61 Å². The molecule has 3 heteroatoms. The van der Waals surface area contributed by atoms with E-state index in [1.807, 2.05) is 42.5 Å². The van der Waals surface area contributed by atoms with E-state index < -0.39 is 0 Å². The van der Waals surface area contributed by atoms with Gasteiger partial charge < -0.3 is 14.4 Å². The van der Waals surface area contributed by atoms with Crippen molar-refractivity contribution >= 4 is 0 Å². The third kappa shape index (κ3) is 17.9. The molecule has 1 rings (SSSR count). The Hall–Kier alpha value is -1.68. The van der Waals surface area contributed by atoms with E-state index in [9.17, 15) is 0 Å². The van der Waals surface area contributed by atoms with Crippen LogP contribution in [0, 0.1) is 0 Å². The Bertz CT molecular complexity index is 598. The van der Waals surface area contributed by atoms with Crippen molar-refractivity contribution in [3.63, 3.8) is 0 Å². The summed E-state index contributed by atoms with van der Waals surface area (Å²) in [6, 6.07) is 0. The smallest absolute Gasteiger partial charge is 0.177 e. The maximum absolute atomic E-state index is 5.84. The molecular weight excluding hydrogens is 394 g/mol. The quantitative estimate of drug-likeness (QED) is 0.162. The minimum absolute atomic E-state index is 0.203. The maximum atomic E-state index is 5.84. The van der Waals surface area contributed by atoms with Crippen LogP contribution >= 0.6 is 0 Å². The summed E-state index contributed by atoms with van der Waals surface area (Å²) in [6.07, 6.45) is 37.9. The second-order valence-electron chi connectivity index (χ2n) is 8.67. The first-order valence-corrected chi connectivity index (χ1v) is 12.6. The fourth-order valence-corrected chi connectivity index (χ4v) is 3.36. The second kappa shape index (κ2) is 21.2. The molecule has 0 aromatic heterocycles. The molecule has 32 heavy (non-hydrogen) atoms. The van der Waals surface area contributed by atoms with Gasteiger partial charge in [0.15, 0.2) is 6.29 Å². The van der Waals surface area contributed by atoms with Gasteiger partial charge in [-0.25, -0.2) is 0 Å². The summed E-state index contributed by atoms with van der Waals surface area (Å²) in [6.45, 7) is 3.98. The van der Waals surface area contributed by atoms with Crippen LogP contribution in [0.5, 0.6) is 0 Å². The van der Waals surface area contributed by atoms with Crippen molar-refractivity contribution < 1.29 is 9.47 Å². The van der Waals surface area contributed by atoms with Gasteiger partial charge in [-0.3, -0.25) is 0 Å². The lowest BCUT2D eigenvalue weighted by atomic mass is 10.1. The summed E-state index contributed by atoms with van der Waals surface area (Å²) in [7, 11) is 4.15. The Kier molecular flexibility index (Phi) is 18.8. The van der Waals surface area contributed by atoms with Crippen LogP contribution in [0.2, 0.25) is 0 Å². The van der Waals surface area contributed by atoms with Crippen LogP contribution in [0.3, 0.4) is 0 Å². The molecular formula is C29H47NO2. The van der Waals surface area contributed by atoms with E-state index in [0.717, 1.165) is 13.0 Å². The lowest BCUT2D eigenvalue weighted by molar-refractivity contribution is -0.0216. The Labute approximate surface area is 198 Å². The fraction of sp³-hybridized carbons (Fsp3) is 0.586. The van der Waals surface area contributed by atoms with Crippen molar-refractivity contribution in [2.24, 2.45) is 0 Å². The average molecular weight is 442 g/mol. The monoisotopic (exact) mass is 441 g/mol. The molecule has 180 valence electrons. The van der Waals surface area contributed by atoms with Gasteiger partial charge in [0.05, 0.1) is 12.7 Å². The predicted molar refractivity (Wildman–Crippen MR) is 140 cm³/mol. The molecule has 0 aliphatic carbocycles. The van der Waals surface area contributed by atoms with Crippen LogP contribution in [0.15, 0.2) is 72.9 Å². The van der Waals surface area contributed by atoms with Crippen molar-refractivity contribution in [2.75, 3.05) is 27.2 Å². The van der Waals surface area contributed by atoms with Crippen LogP contribution in [0.25, 0.3) is 0 Å². The third-order valence-corrected chi connectivity index (χ3v) is 5.30. The van der Waals surface area contributed by atoms with Gasteiger partial charge in [-0.2, -0.15) is 0 Å². The van der Waals surface area contributed by atoms with Crippen molar-refractivity contribution in [1.82, 2.24) is 4.90 Å². The third-order valence-electron chi connectivity index (χ3n) is 5.30. The van der Waals surface area contributed by atoms with Crippen molar-refractivity contribution in [3.8, 4) is 0 Å². The standard InChI is InChI=1S/C29H47NO2/c1-4-5-6-7-8-9-10-11-12-13-14-15-16-17-18-19-20-21-22-23-24-29-31-27-28(32-29)25-26-30(2)3/h13-24,28-29H,4-12,25-27H2,1-3H3.